The molecule has 1 aromatic heterocycles. The topological polar surface area (TPSA) is 33.5 Å². The van der Waals surface area contributed by atoms with E-state index >= 15 is 0 Å². The standard InChI is InChI=1S/C17H18FNO2/c18-16-6-2-1-5-15(16)17(20)9-10-19(13-7-8-13)12-14-4-3-11-21-14/h1-6,11,13H,7-10,12H2. The highest BCUT2D eigenvalue weighted by Crippen LogP contribution is 2.28. The largest absolute Gasteiger partial charge is 0.468 e. The Morgan fingerprint density at radius 3 is 2.71 bits per heavy atom. The van der Waals surface area contributed by atoms with Gasteiger partial charge in [0.15, 0.2) is 5.78 Å². The van der Waals surface area contributed by atoms with Gasteiger partial charge in [-0.05, 0) is 37.1 Å². The van der Waals surface area contributed by atoms with E-state index in [1.54, 1.807) is 24.5 Å². The normalized spacial score (nSPS) is 14.6. The number of carbonyl (C=O) groups is 1. The van der Waals surface area contributed by atoms with Crippen molar-refractivity contribution in [2.24, 2.45) is 0 Å². The van der Waals surface area contributed by atoms with Gasteiger partial charge >= 0.3 is 0 Å². The summed E-state index contributed by atoms with van der Waals surface area (Å²) in [4.78, 5) is 14.4. The van der Waals surface area contributed by atoms with Gasteiger partial charge in [-0.1, -0.05) is 12.1 Å². The molecule has 0 amide bonds. The van der Waals surface area contributed by atoms with Crippen LogP contribution in [0.3, 0.4) is 0 Å². The van der Waals surface area contributed by atoms with Crippen molar-refractivity contribution in [3.8, 4) is 0 Å². The summed E-state index contributed by atoms with van der Waals surface area (Å²) in [6.45, 7) is 1.35. The molecule has 21 heavy (non-hydrogen) atoms. The van der Waals surface area contributed by atoms with Crippen molar-refractivity contribution < 1.29 is 13.6 Å². The summed E-state index contributed by atoms with van der Waals surface area (Å²) in [7, 11) is 0. The quantitative estimate of drug-likeness (QED) is 0.729. The summed E-state index contributed by atoms with van der Waals surface area (Å²) in [5.41, 5.74) is 0.186. The molecule has 3 rings (SSSR count). The van der Waals surface area contributed by atoms with Crippen molar-refractivity contribution in [1.82, 2.24) is 4.90 Å². The van der Waals surface area contributed by atoms with Gasteiger partial charge in [0, 0.05) is 19.0 Å². The number of nitrogens with zero attached hydrogens (tertiary/aromatic N) is 1. The second-order valence-corrected chi connectivity index (χ2v) is 5.43. The van der Waals surface area contributed by atoms with Crippen molar-refractivity contribution in [3.63, 3.8) is 0 Å². The van der Waals surface area contributed by atoms with E-state index in [1.807, 2.05) is 12.1 Å². The fourth-order valence-corrected chi connectivity index (χ4v) is 2.50. The Morgan fingerprint density at radius 2 is 2.05 bits per heavy atom. The van der Waals surface area contributed by atoms with Gasteiger partial charge in [-0.3, -0.25) is 9.69 Å². The lowest BCUT2D eigenvalue weighted by Gasteiger charge is -2.20. The van der Waals surface area contributed by atoms with Crippen LogP contribution in [0, 0.1) is 5.82 Å². The Labute approximate surface area is 123 Å². The number of carbonyl (C=O) groups excluding carboxylic acids is 1. The highest BCUT2D eigenvalue weighted by Gasteiger charge is 2.29. The van der Waals surface area contributed by atoms with Crippen LogP contribution in [-0.4, -0.2) is 23.3 Å². The van der Waals surface area contributed by atoms with Gasteiger partial charge in [-0.25, -0.2) is 4.39 Å². The average Bonchev–Trinajstić information content (AvgIpc) is 3.21. The summed E-state index contributed by atoms with van der Waals surface area (Å²) < 4.78 is 19.0. The zero-order chi connectivity index (χ0) is 14.7. The molecule has 0 bridgehead atoms. The maximum absolute atomic E-state index is 13.6. The van der Waals surface area contributed by atoms with Gasteiger partial charge in [-0.15, -0.1) is 0 Å². The molecule has 0 aliphatic heterocycles. The van der Waals surface area contributed by atoms with Crippen molar-refractivity contribution in [2.75, 3.05) is 6.54 Å². The van der Waals surface area contributed by atoms with Gasteiger partial charge < -0.3 is 4.42 Å². The van der Waals surface area contributed by atoms with Crippen molar-refractivity contribution in [3.05, 3.63) is 59.8 Å². The summed E-state index contributed by atoms with van der Waals surface area (Å²) in [5, 5.41) is 0. The molecule has 2 aromatic rings. The molecule has 0 radical (unpaired) electrons. The van der Waals surface area contributed by atoms with Gasteiger partial charge in [0.1, 0.15) is 11.6 Å². The van der Waals surface area contributed by atoms with Crippen LogP contribution in [0.15, 0.2) is 47.1 Å². The van der Waals surface area contributed by atoms with E-state index < -0.39 is 5.82 Å². The van der Waals surface area contributed by atoms with Gasteiger partial charge in [0.2, 0.25) is 0 Å². The minimum atomic E-state index is -0.438. The van der Waals surface area contributed by atoms with Crippen LogP contribution in [0.5, 0.6) is 0 Å². The number of hydrogen-bond acceptors (Lipinski definition) is 3. The molecule has 0 saturated heterocycles. The van der Waals surface area contributed by atoms with Gasteiger partial charge in [0.25, 0.3) is 0 Å². The SMILES string of the molecule is O=C(CCN(Cc1ccco1)C1CC1)c1ccccc1F. The van der Waals surface area contributed by atoms with Crippen LogP contribution < -0.4 is 0 Å². The van der Waals surface area contributed by atoms with Crippen LogP contribution in [0.4, 0.5) is 4.39 Å². The summed E-state index contributed by atoms with van der Waals surface area (Å²) in [5.74, 6) is 0.324. The molecule has 1 aliphatic rings. The molecule has 0 atom stereocenters. The van der Waals surface area contributed by atoms with Crippen molar-refractivity contribution >= 4 is 5.78 Å². The Hall–Kier alpha value is -1.94. The van der Waals surface area contributed by atoms with Crippen molar-refractivity contribution in [1.29, 1.82) is 0 Å². The fraction of sp³-hybridized carbons (Fsp3) is 0.353. The first-order chi connectivity index (χ1) is 10.2. The highest BCUT2D eigenvalue weighted by molar-refractivity contribution is 5.96. The number of benzene rings is 1. The van der Waals surface area contributed by atoms with E-state index in [9.17, 15) is 9.18 Å². The Bertz CT molecular complexity index is 605. The highest BCUT2D eigenvalue weighted by atomic mass is 19.1. The third-order valence-electron chi connectivity index (χ3n) is 3.80. The zero-order valence-electron chi connectivity index (χ0n) is 11.8. The predicted molar refractivity (Wildman–Crippen MR) is 77.5 cm³/mol. The van der Waals surface area contributed by atoms with Gasteiger partial charge in [0.05, 0.1) is 18.4 Å². The first kappa shape index (κ1) is 14.0. The van der Waals surface area contributed by atoms with E-state index in [0.717, 1.165) is 18.6 Å². The molecular weight excluding hydrogens is 269 g/mol. The van der Waals surface area contributed by atoms with Crippen LogP contribution in [-0.2, 0) is 6.54 Å². The third kappa shape index (κ3) is 3.58. The maximum atomic E-state index is 13.6. The Kier molecular flexibility index (Phi) is 4.15. The number of halogens is 1. The first-order valence-corrected chi connectivity index (χ1v) is 7.28. The number of ketones is 1. The smallest absolute Gasteiger partial charge is 0.167 e. The number of hydrogen-bond donors (Lipinski definition) is 0. The molecule has 3 nitrogen and oxygen atoms in total. The second-order valence-electron chi connectivity index (χ2n) is 5.43. The minimum Gasteiger partial charge on any atom is -0.468 e. The molecule has 1 heterocycles. The van der Waals surface area contributed by atoms with Crippen LogP contribution >= 0.6 is 0 Å². The monoisotopic (exact) mass is 287 g/mol. The summed E-state index contributed by atoms with van der Waals surface area (Å²) in [6.07, 6.45) is 4.31. The average molecular weight is 287 g/mol. The lowest BCUT2D eigenvalue weighted by atomic mass is 10.1. The van der Waals surface area contributed by atoms with E-state index in [-0.39, 0.29) is 11.3 Å². The van der Waals surface area contributed by atoms with Crippen LogP contribution in [0.2, 0.25) is 0 Å². The van der Waals surface area contributed by atoms with E-state index in [4.69, 9.17) is 4.42 Å². The summed E-state index contributed by atoms with van der Waals surface area (Å²) in [6, 6.07) is 10.5. The minimum absolute atomic E-state index is 0.141. The Morgan fingerprint density at radius 1 is 1.24 bits per heavy atom. The number of furan rings is 1. The van der Waals surface area contributed by atoms with E-state index in [0.29, 0.717) is 25.6 Å². The van der Waals surface area contributed by atoms with Crippen LogP contribution in [0.1, 0.15) is 35.4 Å². The fourth-order valence-electron chi connectivity index (χ4n) is 2.50. The lowest BCUT2D eigenvalue weighted by Crippen LogP contribution is -2.28. The molecule has 0 N–H and O–H groups in total. The molecule has 110 valence electrons. The molecule has 1 saturated carbocycles. The molecule has 0 spiro atoms. The molecule has 1 aliphatic carbocycles. The molecular formula is C17H18FNO2. The maximum Gasteiger partial charge on any atom is 0.167 e. The lowest BCUT2D eigenvalue weighted by molar-refractivity contribution is 0.0953. The predicted octanol–water partition coefficient (Wildman–Crippen LogP) is 3.66. The van der Waals surface area contributed by atoms with E-state index in [1.165, 1.54) is 6.07 Å². The first-order valence-electron chi connectivity index (χ1n) is 7.28. The number of rotatable bonds is 7. The van der Waals surface area contributed by atoms with Crippen LogP contribution in [0.25, 0.3) is 0 Å². The second kappa shape index (κ2) is 6.22. The molecule has 1 aromatic carbocycles. The Balaban J connectivity index is 1.59. The van der Waals surface area contributed by atoms with E-state index in [2.05, 4.69) is 4.90 Å². The molecule has 4 heteroatoms. The number of Topliss-reactive ketones (excluding diaryl/α,β-unsaturated/α-hetero) is 1. The van der Waals surface area contributed by atoms with Crippen molar-refractivity contribution in [2.45, 2.75) is 31.8 Å². The third-order valence-corrected chi connectivity index (χ3v) is 3.80. The zero-order valence-corrected chi connectivity index (χ0v) is 11.8. The van der Waals surface area contributed by atoms with Gasteiger partial charge in [-0.2, -0.15) is 0 Å². The summed E-state index contributed by atoms with van der Waals surface area (Å²) >= 11 is 0. The molecule has 0 unspecified atom stereocenters. The molecule has 1 fully saturated rings.